The fourth-order valence-corrected chi connectivity index (χ4v) is 4.50. The largest absolute Gasteiger partial charge is 0.497 e. The third kappa shape index (κ3) is 4.53. The van der Waals surface area contributed by atoms with Crippen molar-refractivity contribution in [2.75, 3.05) is 14.2 Å². The molecule has 4 nitrogen and oxygen atoms in total. The first-order chi connectivity index (χ1) is 14.5. The monoisotopic (exact) mass is 436 g/mol. The zero-order valence-electron chi connectivity index (χ0n) is 16.7. The average Bonchev–Trinajstić information content (AvgIpc) is 3.03. The summed E-state index contributed by atoms with van der Waals surface area (Å²) < 4.78 is 5.34. The second kappa shape index (κ2) is 8.94. The highest BCUT2D eigenvalue weighted by atomic mass is 35.5. The molecular formula is C24H21ClN2O2S. The molecule has 2 aromatic rings. The van der Waals surface area contributed by atoms with Crippen molar-refractivity contribution in [1.82, 2.24) is 4.90 Å². The standard InChI is InChI=1S/C24H21ClN2O2S/c1-27-23(28)22(30-24(27)26-20-11-9-19(25)10-12-20)14-16-5-3-6-17(13-16)18-7-4-8-21(15-18)29-2/h3-12,14-16H,13H2,1-2H3/b22-14-,26-24?. The lowest BCUT2D eigenvalue weighted by Crippen LogP contribution is -2.23. The normalized spacial score (nSPS) is 21.4. The lowest BCUT2D eigenvalue weighted by atomic mass is 9.89. The topological polar surface area (TPSA) is 41.9 Å². The van der Waals surface area contributed by atoms with Gasteiger partial charge in [0.15, 0.2) is 5.17 Å². The van der Waals surface area contributed by atoms with Crippen molar-refractivity contribution in [1.29, 1.82) is 0 Å². The number of allylic oxidation sites excluding steroid dienone is 5. The van der Waals surface area contributed by atoms with Gasteiger partial charge in [-0.3, -0.25) is 9.69 Å². The molecule has 30 heavy (non-hydrogen) atoms. The minimum Gasteiger partial charge on any atom is -0.497 e. The predicted molar refractivity (Wildman–Crippen MR) is 125 cm³/mol. The van der Waals surface area contributed by atoms with Gasteiger partial charge in [0.1, 0.15) is 5.75 Å². The van der Waals surface area contributed by atoms with Crippen LogP contribution in [0.3, 0.4) is 0 Å². The maximum atomic E-state index is 12.7. The van der Waals surface area contributed by atoms with Crippen LogP contribution in [0.5, 0.6) is 5.75 Å². The van der Waals surface area contributed by atoms with E-state index >= 15 is 0 Å². The average molecular weight is 437 g/mol. The molecule has 0 bridgehead atoms. The number of halogens is 1. The van der Waals surface area contributed by atoms with Gasteiger partial charge in [-0.05, 0) is 65.7 Å². The van der Waals surface area contributed by atoms with Gasteiger partial charge in [0.2, 0.25) is 0 Å². The molecule has 2 aliphatic rings. The lowest BCUT2D eigenvalue weighted by molar-refractivity contribution is -0.121. The van der Waals surface area contributed by atoms with Gasteiger partial charge >= 0.3 is 0 Å². The van der Waals surface area contributed by atoms with Crippen molar-refractivity contribution in [2.45, 2.75) is 6.42 Å². The first-order valence-corrected chi connectivity index (χ1v) is 10.8. The van der Waals surface area contributed by atoms with Crippen LogP contribution in [0.4, 0.5) is 5.69 Å². The molecule has 1 heterocycles. The van der Waals surface area contributed by atoms with Crippen LogP contribution in [0.25, 0.3) is 5.57 Å². The van der Waals surface area contributed by atoms with Crippen molar-refractivity contribution in [3.05, 3.63) is 88.3 Å². The number of amides is 1. The molecule has 6 heteroatoms. The molecule has 0 aromatic heterocycles. The Morgan fingerprint density at radius 3 is 2.80 bits per heavy atom. The quantitative estimate of drug-likeness (QED) is 0.545. The number of hydrogen-bond donors (Lipinski definition) is 0. The summed E-state index contributed by atoms with van der Waals surface area (Å²) in [4.78, 5) is 19.6. The number of carbonyl (C=O) groups excluding carboxylic acids is 1. The van der Waals surface area contributed by atoms with Gasteiger partial charge in [-0.25, -0.2) is 4.99 Å². The van der Waals surface area contributed by atoms with Crippen molar-refractivity contribution >= 4 is 45.7 Å². The number of amidine groups is 1. The van der Waals surface area contributed by atoms with E-state index < -0.39 is 0 Å². The van der Waals surface area contributed by atoms with Crippen LogP contribution < -0.4 is 4.74 Å². The molecule has 0 N–H and O–H groups in total. The van der Waals surface area contributed by atoms with Crippen molar-refractivity contribution in [3.63, 3.8) is 0 Å². The fourth-order valence-electron chi connectivity index (χ4n) is 3.34. The van der Waals surface area contributed by atoms with E-state index in [1.807, 2.05) is 36.4 Å². The predicted octanol–water partition coefficient (Wildman–Crippen LogP) is 6.08. The Hall–Kier alpha value is -2.76. The number of ether oxygens (including phenoxy) is 1. The molecule has 152 valence electrons. The molecule has 1 fully saturated rings. The Labute approximate surface area is 185 Å². The van der Waals surface area contributed by atoms with Crippen LogP contribution in [0.2, 0.25) is 5.02 Å². The summed E-state index contributed by atoms with van der Waals surface area (Å²) in [5, 5.41) is 1.32. The Bertz CT molecular complexity index is 1090. The number of aliphatic imine (C=N–C) groups is 1. The molecular weight excluding hydrogens is 416 g/mol. The molecule has 1 unspecified atom stereocenters. The van der Waals surface area contributed by atoms with Crippen LogP contribution in [0.15, 0.2) is 82.7 Å². The first kappa shape index (κ1) is 20.5. The second-order valence-electron chi connectivity index (χ2n) is 7.04. The lowest BCUT2D eigenvalue weighted by Gasteiger charge is -2.17. The van der Waals surface area contributed by atoms with E-state index in [4.69, 9.17) is 16.3 Å². The van der Waals surface area contributed by atoms with Crippen molar-refractivity contribution < 1.29 is 9.53 Å². The molecule has 0 radical (unpaired) electrons. The Morgan fingerprint density at radius 2 is 2.03 bits per heavy atom. The zero-order chi connectivity index (χ0) is 21.1. The second-order valence-corrected chi connectivity index (χ2v) is 8.49. The molecule has 1 atom stereocenters. The molecule has 2 aromatic carbocycles. The molecule has 1 saturated heterocycles. The highest BCUT2D eigenvalue weighted by molar-refractivity contribution is 8.18. The van der Waals surface area contributed by atoms with E-state index in [0.717, 1.165) is 23.4 Å². The van der Waals surface area contributed by atoms with E-state index in [0.29, 0.717) is 15.1 Å². The summed E-state index contributed by atoms with van der Waals surface area (Å²) in [5.41, 5.74) is 3.12. The fraction of sp³-hybridized carbons (Fsp3) is 0.167. The number of carbonyl (C=O) groups is 1. The summed E-state index contributed by atoms with van der Waals surface area (Å²) in [6.07, 6.45) is 9.16. The van der Waals surface area contributed by atoms with Crippen LogP contribution in [0.1, 0.15) is 12.0 Å². The van der Waals surface area contributed by atoms with E-state index in [2.05, 4.69) is 29.3 Å². The number of benzene rings is 2. The third-order valence-corrected chi connectivity index (χ3v) is 6.30. The van der Waals surface area contributed by atoms with Crippen LogP contribution in [-0.4, -0.2) is 30.1 Å². The summed E-state index contributed by atoms with van der Waals surface area (Å²) in [6.45, 7) is 0. The maximum absolute atomic E-state index is 12.7. The number of likely N-dealkylation sites (N-methyl/N-ethyl adjacent to an activating group) is 1. The van der Waals surface area contributed by atoms with Crippen LogP contribution in [0, 0.1) is 5.92 Å². The molecule has 0 saturated carbocycles. The van der Waals surface area contributed by atoms with Gasteiger partial charge in [-0.1, -0.05) is 48.0 Å². The van der Waals surface area contributed by atoms with E-state index in [-0.39, 0.29) is 11.8 Å². The highest BCUT2D eigenvalue weighted by Gasteiger charge is 2.31. The van der Waals surface area contributed by atoms with Gasteiger partial charge in [-0.15, -0.1) is 0 Å². The van der Waals surface area contributed by atoms with Gasteiger partial charge in [-0.2, -0.15) is 0 Å². The smallest absolute Gasteiger partial charge is 0.266 e. The van der Waals surface area contributed by atoms with Gasteiger partial charge in [0, 0.05) is 18.0 Å². The summed E-state index contributed by atoms with van der Waals surface area (Å²) >= 11 is 7.34. The SMILES string of the molecule is COc1cccc(C2=CC=CC(/C=C3\SC(=Nc4ccc(Cl)cc4)N(C)C3=O)C2)c1. The molecule has 1 aliphatic carbocycles. The van der Waals surface area contributed by atoms with Crippen LogP contribution in [-0.2, 0) is 4.79 Å². The minimum atomic E-state index is -0.0291. The molecule has 0 spiro atoms. The zero-order valence-corrected chi connectivity index (χ0v) is 18.3. The van der Waals surface area contributed by atoms with E-state index in [1.165, 1.54) is 17.3 Å². The molecule has 4 rings (SSSR count). The van der Waals surface area contributed by atoms with Gasteiger partial charge in [0.05, 0.1) is 17.7 Å². The summed E-state index contributed by atoms with van der Waals surface area (Å²) in [7, 11) is 3.42. The summed E-state index contributed by atoms with van der Waals surface area (Å²) in [6, 6.07) is 15.3. The molecule has 1 aliphatic heterocycles. The van der Waals surface area contributed by atoms with Gasteiger partial charge in [0.25, 0.3) is 5.91 Å². The Morgan fingerprint density at radius 1 is 1.23 bits per heavy atom. The van der Waals surface area contributed by atoms with Gasteiger partial charge < -0.3 is 4.74 Å². The van der Waals surface area contributed by atoms with E-state index in [1.54, 1.807) is 31.2 Å². The number of methoxy groups -OCH3 is 1. The maximum Gasteiger partial charge on any atom is 0.266 e. The van der Waals surface area contributed by atoms with Crippen molar-refractivity contribution in [2.24, 2.45) is 10.9 Å². The number of nitrogens with zero attached hydrogens (tertiary/aromatic N) is 2. The first-order valence-electron chi connectivity index (χ1n) is 9.57. The van der Waals surface area contributed by atoms with E-state index in [9.17, 15) is 4.79 Å². The number of thioether (sulfide) groups is 1. The third-order valence-electron chi connectivity index (χ3n) is 4.97. The van der Waals surface area contributed by atoms with Crippen LogP contribution >= 0.6 is 23.4 Å². The Balaban J connectivity index is 1.52. The summed E-state index contributed by atoms with van der Waals surface area (Å²) in [5.74, 6) is 0.952. The highest BCUT2D eigenvalue weighted by Crippen LogP contribution is 2.36. The number of rotatable bonds is 4. The minimum absolute atomic E-state index is 0.0291. The molecule has 1 amide bonds. The number of hydrogen-bond acceptors (Lipinski definition) is 4. The van der Waals surface area contributed by atoms with Crippen molar-refractivity contribution in [3.8, 4) is 5.75 Å². The Kier molecular flexibility index (Phi) is 6.11.